The molecule has 1 aliphatic rings. The highest BCUT2D eigenvalue weighted by molar-refractivity contribution is 6.34. The molecule has 2 rings (SSSR count). The van der Waals surface area contributed by atoms with Gasteiger partial charge in [0.05, 0.1) is 16.4 Å². The van der Waals surface area contributed by atoms with Crippen LogP contribution in [-0.2, 0) is 4.79 Å². The van der Waals surface area contributed by atoms with Crippen LogP contribution >= 0.6 is 11.6 Å². The first-order valence-corrected chi connectivity index (χ1v) is 5.44. The third kappa shape index (κ3) is 2.07. The van der Waals surface area contributed by atoms with Crippen LogP contribution in [0.1, 0.15) is 12.8 Å². The Balaban J connectivity index is 2.36. The second-order valence-corrected chi connectivity index (χ2v) is 4.00. The average molecular weight is 225 g/mol. The van der Waals surface area contributed by atoms with Crippen LogP contribution in [0, 0.1) is 0 Å². The minimum Gasteiger partial charge on any atom is -0.369 e. The van der Waals surface area contributed by atoms with Gasteiger partial charge in [-0.15, -0.1) is 0 Å². The van der Waals surface area contributed by atoms with Gasteiger partial charge in [0.1, 0.15) is 0 Å². The lowest BCUT2D eigenvalue weighted by atomic mass is 10.2. The van der Waals surface area contributed by atoms with Gasteiger partial charge in [0.2, 0.25) is 6.41 Å². The summed E-state index contributed by atoms with van der Waals surface area (Å²) in [7, 11) is 0. The van der Waals surface area contributed by atoms with Gasteiger partial charge in [0.25, 0.3) is 0 Å². The zero-order chi connectivity index (χ0) is 10.7. The molecule has 1 aliphatic heterocycles. The van der Waals surface area contributed by atoms with Crippen LogP contribution in [0.2, 0.25) is 5.02 Å². The van der Waals surface area contributed by atoms with E-state index in [0.717, 1.165) is 24.5 Å². The van der Waals surface area contributed by atoms with Crippen molar-refractivity contribution in [2.75, 3.05) is 23.3 Å². The molecule has 0 bridgehead atoms. The Morgan fingerprint density at radius 1 is 1.33 bits per heavy atom. The van der Waals surface area contributed by atoms with Crippen LogP contribution < -0.4 is 10.2 Å². The van der Waals surface area contributed by atoms with Gasteiger partial charge in [-0.25, -0.2) is 0 Å². The van der Waals surface area contributed by atoms with Crippen LogP contribution in [0.25, 0.3) is 0 Å². The average Bonchev–Trinajstić information content (AvgIpc) is 2.71. The molecule has 80 valence electrons. The first-order valence-electron chi connectivity index (χ1n) is 5.06. The third-order valence-corrected chi connectivity index (χ3v) is 2.93. The number of nitrogens with zero attached hydrogens (tertiary/aromatic N) is 1. The lowest BCUT2D eigenvalue weighted by Crippen LogP contribution is -2.19. The summed E-state index contributed by atoms with van der Waals surface area (Å²) in [6.07, 6.45) is 3.06. The molecule has 3 nitrogen and oxygen atoms in total. The highest BCUT2D eigenvalue weighted by Gasteiger charge is 2.18. The van der Waals surface area contributed by atoms with Crippen molar-refractivity contribution in [3.05, 3.63) is 23.2 Å². The van der Waals surface area contributed by atoms with E-state index in [4.69, 9.17) is 11.6 Å². The Bertz CT molecular complexity index is 362. The third-order valence-electron chi connectivity index (χ3n) is 2.62. The van der Waals surface area contributed by atoms with Crippen molar-refractivity contribution in [1.82, 2.24) is 0 Å². The van der Waals surface area contributed by atoms with Gasteiger partial charge in [0, 0.05) is 13.1 Å². The van der Waals surface area contributed by atoms with Gasteiger partial charge in [-0.2, -0.15) is 0 Å². The van der Waals surface area contributed by atoms with Gasteiger partial charge in [-0.1, -0.05) is 17.7 Å². The summed E-state index contributed by atoms with van der Waals surface area (Å²) in [6.45, 7) is 2.02. The fraction of sp³-hybridized carbons (Fsp3) is 0.364. The Morgan fingerprint density at radius 2 is 2.07 bits per heavy atom. The maximum Gasteiger partial charge on any atom is 0.211 e. The molecule has 0 aromatic heterocycles. The Hall–Kier alpha value is -1.22. The number of para-hydroxylation sites is 1. The number of nitrogens with one attached hydrogen (secondary N) is 1. The lowest BCUT2D eigenvalue weighted by molar-refractivity contribution is -0.105. The maximum atomic E-state index is 10.5. The summed E-state index contributed by atoms with van der Waals surface area (Å²) in [5, 5.41) is 3.39. The van der Waals surface area contributed by atoms with Crippen molar-refractivity contribution in [3.63, 3.8) is 0 Å². The number of benzene rings is 1. The molecule has 0 aliphatic carbocycles. The molecule has 15 heavy (non-hydrogen) atoms. The molecule has 1 aromatic rings. The number of hydrogen-bond donors (Lipinski definition) is 1. The molecular formula is C11H13ClN2O. The highest BCUT2D eigenvalue weighted by atomic mass is 35.5. The van der Waals surface area contributed by atoms with E-state index < -0.39 is 0 Å². The van der Waals surface area contributed by atoms with Crippen molar-refractivity contribution in [3.8, 4) is 0 Å². The van der Waals surface area contributed by atoms with Gasteiger partial charge in [0.15, 0.2) is 0 Å². The zero-order valence-electron chi connectivity index (χ0n) is 8.37. The van der Waals surface area contributed by atoms with Crippen LogP contribution in [0.15, 0.2) is 18.2 Å². The van der Waals surface area contributed by atoms with E-state index in [1.54, 1.807) is 0 Å². The van der Waals surface area contributed by atoms with Crippen molar-refractivity contribution < 1.29 is 4.79 Å². The molecule has 0 radical (unpaired) electrons. The van der Waals surface area contributed by atoms with Gasteiger partial charge >= 0.3 is 0 Å². The number of carbonyl (C=O) groups is 1. The second-order valence-electron chi connectivity index (χ2n) is 3.59. The van der Waals surface area contributed by atoms with Crippen LogP contribution in [0.4, 0.5) is 11.4 Å². The minimum atomic E-state index is 0.686. The monoisotopic (exact) mass is 224 g/mol. The van der Waals surface area contributed by atoms with Crippen molar-refractivity contribution in [1.29, 1.82) is 0 Å². The van der Waals surface area contributed by atoms with Gasteiger partial charge in [-0.05, 0) is 25.0 Å². The zero-order valence-corrected chi connectivity index (χ0v) is 9.13. The fourth-order valence-electron chi connectivity index (χ4n) is 1.96. The van der Waals surface area contributed by atoms with E-state index >= 15 is 0 Å². The maximum absolute atomic E-state index is 10.5. The normalized spacial score (nSPS) is 15.4. The van der Waals surface area contributed by atoms with Gasteiger partial charge in [-0.3, -0.25) is 4.79 Å². The van der Waals surface area contributed by atoms with Gasteiger partial charge < -0.3 is 10.2 Å². The highest BCUT2D eigenvalue weighted by Crippen LogP contribution is 2.35. The largest absolute Gasteiger partial charge is 0.369 e. The fourth-order valence-corrected chi connectivity index (χ4v) is 2.25. The number of anilines is 2. The molecule has 0 atom stereocenters. The number of carbonyl (C=O) groups excluding carboxylic acids is 1. The molecular weight excluding hydrogens is 212 g/mol. The van der Waals surface area contributed by atoms with E-state index in [2.05, 4.69) is 10.2 Å². The first-order chi connectivity index (χ1) is 7.33. The predicted octanol–water partition coefficient (Wildman–Crippen LogP) is 2.51. The summed E-state index contributed by atoms with van der Waals surface area (Å²) < 4.78 is 0. The number of amides is 1. The predicted molar refractivity (Wildman–Crippen MR) is 62.6 cm³/mol. The first kappa shape index (κ1) is 10.3. The SMILES string of the molecule is O=CNc1cccc(Cl)c1N1CCCC1. The van der Waals surface area contributed by atoms with Crippen LogP contribution in [-0.4, -0.2) is 19.5 Å². The molecule has 1 fully saturated rings. The van der Waals surface area contributed by atoms with E-state index in [-0.39, 0.29) is 0 Å². The number of rotatable bonds is 3. The Morgan fingerprint density at radius 3 is 2.73 bits per heavy atom. The molecule has 0 saturated carbocycles. The minimum absolute atomic E-state index is 0.686. The topological polar surface area (TPSA) is 32.3 Å². The number of halogens is 1. The van der Waals surface area contributed by atoms with E-state index in [1.165, 1.54) is 12.8 Å². The summed E-state index contributed by atoms with van der Waals surface area (Å²) in [6, 6.07) is 5.56. The lowest BCUT2D eigenvalue weighted by Gasteiger charge is -2.22. The van der Waals surface area contributed by atoms with Crippen LogP contribution in [0.3, 0.4) is 0 Å². The standard InChI is InChI=1S/C11H13ClN2O/c12-9-4-3-5-10(13-8-15)11(9)14-6-1-2-7-14/h3-5,8H,1-2,6-7H2,(H,13,15). The molecule has 1 amide bonds. The van der Waals surface area contributed by atoms with E-state index in [1.807, 2.05) is 18.2 Å². The molecule has 4 heteroatoms. The number of hydrogen-bond acceptors (Lipinski definition) is 2. The smallest absolute Gasteiger partial charge is 0.211 e. The molecule has 1 aromatic carbocycles. The van der Waals surface area contributed by atoms with Crippen molar-refractivity contribution >= 4 is 29.4 Å². The summed E-state index contributed by atoms with van der Waals surface area (Å²) >= 11 is 6.15. The Kier molecular flexibility index (Phi) is 3.11. The van der Waals surface area contributed by atoms with Crippen molar-refractivity contribution in [2.24, 2.45) is 0 Å². The molecule has 0 unspecified atom stereocenters. The molecule has 1 heterocycles. The summed E-state index contributed by atoms with van der Waals surface area (Å²) in [5.41, 5.74) is 1.74. The molecule has 1 N–H and O–H groups in total. The van der Waals surface area contributed by atoms with E-state index in [9.17, 15) is 4.79 Å². The summed E-state index contributed by atoms with van der Waals surface area (Å²) in [5.74, 6) is 0. The van der Waals surface area contributed by atoms with E-state index in [0.29, 0.717) is 11.4 Å². The Labute approximate surface area is 94.0 Å². The van der Waals surface area contributed by atoms with Crippen LogP contribution in [0.5, 0.6) is 0 Å². The quantitative estimate of drug-likeness (QED) is 0.801. The molecule has 1 saturated heterocycles. The second kappa shape index (κ2) is 4.53. The summed E-state index contributed by atoms with van der Waals surface area (Å²) in [4.78, 5) is 12.7. The van der Waals surface area contributed by atoms with Crippen molar-refractivity contribution in [2.45, 2.75) is 12.8 Å². The molecule has 0 spiro atoms.